The molecule has 0 spiro atoms. The van der Waals surface area contributed by atoms with E-state index < -0.39 is 0 Å². The van der Waals surface area contributed by atoms with Crippen molar-refractivity contribution in [2.45, 2.75) is 6.92 Å². The standard InChI is InChI=1S/C20H15N7O/c1-11-13-5-8-24-19(13)25-9-14(11)12-3-4-15-26-18(21)16(27(15)10-12)17(28)20-22-6-2-7-23-20/h2-10H,21H2,1H3,(H,24,25). The highest BCUT2D eigenvalue weighted by molar-refractivity contribution is 6.08. The van der Waals surface area contributed by atoms with Crippen LogP contribution >= 0.6 is 0 Å². The van der Waals surface area contributed by atoms with Gasteiger partial charge in [0.15, 0.2) is 5.82 Å². The molecule has 3 N–H and O–H groups in total. The van der Waals surface area contributed by atoms with Gasteiger partial charge in [0.1, 0.15) is 17.0 Å². The summed E-state index contributed by atoms with van der Waals surface area (Å²) in [6.45, 7) is 2.05. The predicted molar refractivity (Wildman–Crippen MR) is 105 cm³/mol. The molecule has 8 nitrogen and oxygen atoms in total. The van der Waals surface area contributed by atoms with Crippen molar-refractivity contribution in [1.82, 2.24) is 29.3 Å². The molecule has 0 aliphatic heterocycles. The van der Waals surface area contributed by atoms with E-state index in [4.69, 9.17) is 5.73 Å². The number of pyridine rings is 2. The topological polar surface area (TPSA) is 115 Å². The van der Waals surface area contributed by atoms with E-state index in [0.29, 0.717) is 5.65 Å². The number of nitrogens with zero attached hydrogens (tertiary/aromatic N) is 5. The van der Waals surface area contributed by atoms with Crippen molar-refractivity contribution in [3.63, 3.8) is 0 Å². The van der Waals surface area contributed by atoms with Gasteiger partial charge in [0.25, 0.3) is 5.78 Å². The number of hydrogen-bond donors (Lipinski definition) is 2. The zero-order chi connectivity index (χ0) is 19.3. The monoisotopic (exact) mass is 369 g/mol. The maximum absolute atomic E-state index is 12.9. The van der Waals surface area contributed by atoms with E-state index in [9.17, 15) is 4.79 Å². The summed E-state index contributed by atoms with van der Waals surface area (Å²) < 4.78 is 1.68. The summed E-state index contributed by atoms with van der Waals surface area (Å²) in [5.74, 6) is -0.155. The summed E-state index contributed by atoms with van der Waals surface area (Å²) in [7, 11) is 0. The highest BCUT2D eigenvalue weighted by Crippen LogP contribution is 2.29. The van der Waals surface area contributed by atoms with Crippen molar-refractivity contribution < 1.29 is 4.79 Å². The lowest BCUT2D eigenvalue weighted by molar-refractivity contribution is 0.102. The summed E-state index contributed by atoms with van der Waals surface area (Å²) in [5.41, 5.74) is 10.7. The van der Waals surface area contributed by atoms with Crippen molar-refractivity contribution in [2.75, 3.05) is 5.73 Å². The first-order chi connectivity index (χ1) is 13.6. The van der Waals surface area contributed by atoms with Gasteiger partial charge in [-0.15, -0.1) is 0 Å². The number of imidazole rings is 1. The van der Waals surface area contributed by atoms with Crippen LogP contribution in [0, 0.1) is 6.92 Å². The molecule has 0 aliphatic rings. The van der Waals surface area contributed by atoms with Crippen molar-refractivity contribution in [3.05, 3.63) is 72.3 Å². The normalized spacial score (nSPS) is 11.3. The Morgan fingerprint density at radius 1 is 1.14 bits per heavy atom. The number of carbonyl (C=O) groups is 1. The van der Waals surface area contributed by atoms with Crippen LogP contribution in [-0.2, 0) is 0 Å². The van der Waals surface area contributed by atoms with Crippen LogP contribution in [-0.4, -0.2) is 35.1 Å². The zero-order valence-corrected chi connectivity index (χ0v) is 14.9. The molecule has 5 heterocycles. The molecule has 0 unspecified atom stereocenters. The summed E-state index contributed by atoms with van der Waals surface area (Å²) in [6, 6.07) is 7.42. The molecule has 136 valence electrons. The highest BCUT2D eigenvalue weighted by atomic mass is 16.1. The molecule has 0 saturated carbocycles. The third-order valence-electron chi connectivity index (χ3n) is 4.80. The SMILES string of the molecule is Cc1c(-c2ccc3nc(N)c(C(=O)c4ncccn4)n3c2)cnc2[nH]ccc12. The van der Waals surface area contributed by atoms with Crippen molar-refractivity contribution >= 4 is 28.3 Å². The first-order valence-electron chi connectivity index (χ1n) is 8.66. The fourth-order valence-corrected chi connectivity index (χ4v) is 3.40. The fourth-order valence-electron chi connectivity index (χ4n) is 3.40. The molecule has 0 bridgehead atoms. The highest BCUT2D eigenvalue weighted by Gasteiger charge is 2.21. The van der Waals surface area contributed by atoms with Crippen LogP contribution in [0.25, 0.3) is 27.8 Å². The molecule has 0 aliphatic carbocycles. The van der Waals surface area contributed by atoms with Gasteiger partial charge >= 0.3 is 0 Å². The van der Waals surface area contributed by atoms with Gasteiger partial charge in [-0.25, -0.2) is 19.9 Å². The summed E-state index contributed by atoms with van der Waals surface area (Å²) in [6.07, 6.45) is 8.57. The Balaban J connectivity index is 1.70. The minimum atomic E-state index is -0.376. The van der Waals surface area contributed by atoms with Gasteiger partial charge in [0, 0.05) is 47.5 Å². The molecule has 8 heteroatoms. The number of carbonyl (C=O) groups excluding carboxylic acids is 1. The summed E-state index contributed by atoms with van der Waals surface area (Å²) in [4.78, 5) is 32.9. The molecule has 0 radical (unpaired) electrons. The second-order valence-corrected chi connectivity index (χ2v) is 6.43. The molecular weight excluding hydrogens is 354 g/mol. The van der Waals surface area contributed by atoms with Crippen molar-refractivity contribution in [2.24, 2.45) is 0 Å². The van der Waals surface area contributed by atoms with Crippen LogP contribution in [0.3, 0.4) is 0 Å². The van der Waals surface area contributed by atoms with E-state index in [2.05, 4.69) is 24.9 Å². The first-order valence-corrected chi connectivity index (χ1v) is 8.66. The zero-order valence-electron chi connectivity index (χ0n) is 14.9. The number of nitrogens with one attached hydrogen (secondary N) is 1. The van der Waals surface area contributed by atoms with E-state index in [1.54, 1.807) is 10.5 Å². The average molecular weight is 369 g/mol. The fraction of sp³-hybridized carbons (Fsp3) is 0.0500. The number of H-pyrrole nitrogens is 1. The van der Waals surface area contributed by atoms with E-state index in [1.165, 1.54) is 12.4 Å². The average Bonchev–Trinajstić information content (AvgIpc) is 3.32. The van der Waals surface area contributed by atoms with Gasteiger partial charge in [-0.3, -0.25) is 9.20 Å². The Morgan fingerprint density at radius 2 is 1.96 bits per heavy atom. The van der Waals surface area contributed by atoms with Crippen LogP contribution in [0.5, 0.6) is 0 Å². The Kier molecular flexibility index (Phi) is 3.45. The number of aryl methyl sites for hydroxylation is 1. The molecule has 5 aromatic heterocycles. The number of aromatic nitrogens is 6. The minimum Gasteiger partial charge on any atom is -0.382 e. The molecule has 28 heavy (non-hydrogen) atoms. The molecule has 5 rings (SSSR count). The molecule has 0 fully saturated rings. The molecular formula is C20H15N7O. The van der Waals surface area contributed by atoms with Crippen LogP contribution in [0.1, 0.15) is 21.9 Å². The lowest BCUT2D eigenvalue weighted by Gasteiger charge is -2.08. The van der Waals surface area contributed by atoms with Gasteiger partial charge in [0.2, 0.25) is 5.82 Å². The number of fused-ring (bicyclic) bond motifs is 2. The number of nitrogen functional groups attached to an aromatic ring is 1. The van der Waals surface area contributed by atoms with Gasteiger partial charge in [-0.1, -0.05) is 0 Å². The molecule has 0 amide bonds. The van der Waals surface area contributed by atoms with Crippen molar-refractivity contribution in [1.29, 1.82) is 0 Å². The van der Waals surface area contributed by atoms with Gasteiger partial charge in [-0.05, 0) is 36.8 Å². The number of nitrogens with two attached hydrogens (primary N) is 1. The quantitative estimate of drug-likeness (QED) is 0.473. The predicted octanol–water partition coefficient (Wildman–Crippen LogP) is 2.79. The summed E-state index contributed by atoms with van der Waals surface area (Å²) >= 11 is 0. The Bertz CT molecular complexity index is 1350. The summed E-state index contributed by atoms with van der Waals surface area (Å²) in [5, 5.41) is 1.05. The van der Waals surface area contributed by atoms with E-state index in [-0.39, 0.29) is 23.1 Å². The van der Waals surface area contributed by atoms with Crippen LogP contribution < -0.4 is 5.73 Å². The molecule has 0 saturated heterocycles. The molecule has 0 atom stereocenters. The lowest BCUT2D eigenvalue weighted by Crippen LogP contribution is -2.11. The van der Waals surface area contributed by atoms with E-state index >= 15 is 0 Å². The molecule has 0 aromatic carbocycles. The third-order valence-corrected chi connectivity index (χ3v) is 4.80. The Morgan fingerprint density at radius 3 is 2.79 bits per heavy atom. The van der Waals surface area contributed by atoms with Crippen LogP contribution in [0.2, 0.25) is 0 Å². The third kappa shape index (κ3) is 2.35. The van der Waals surface area contributed by atoms with Gasteiger partial charge < -0.3 is 10.7 Å². The Labute approximate surface area is 159 Å². The maximum Gasteiger partial charge on any atom is 0.250 e. The van der Waals surface area contributed by atoms with E-state index in [1.807, 2.05) is 43.7 Å². The van der Waals surface area contributed by atoms with Crippen LogP contribution in [0.4, 0.5) is 5.82 Å². The second-order valence-electron chi connectivity index (χ2n) is 6.43. The minimum absolute atomic E-state index is 0.0768. The first kappa shape index (κ1) is 16.1. The maximum atomic E-state index is 12.9. The number of hydrogen-bond acceptors (Lipinski definition) is 6. The number of ketones is 1. The van der Waals surface area contributed by atoms with Crippen molar-refractivity contribution in [3.8, 4) is 11.1 Å². The molecule has 5 aromatic rings. The number of rotatable bonds is 3. The number of anilines is 1. The van der Waals surface area contributed by atoms with E-state index in [0.717, 1.165) is 27.7 Å². The largest absolute Gasteiger partial charge is 0.382 e. The van der Waals surface area contributed by atoms with Crippen LogP contribution in [0.15, 0.2) is 55.2 Å². The second kappa shape index (κ2) is 5.98. The smallest absolute Gasteiger partial charge is 0.250 e. The number of aromatic amines is 1. The Hall–Kier alpha value is -4.07. The van der Waals surface area contributed by atoms with Gasteiger partial charge in [-0.2, -0.15) is 0 Å². The van der Waals surface area contributed by atoms with Gasteiger partial charge in [0.05, 0.1) is 0 Å². The lowest BCUT2D eigenvalue weighted by atomic mass is 10.0.